The first-order chi connectivity index (χ1) is 6.59. The molecule has 1 N–H and O–H groups in total. The SMILES string of the molecule is C=C(C)c1cc(F)c2c(c1)C(=O)NC2. The van der Waals surface area contributed by atoms with Gasteiger partial charge in [0.2, 0.25) is 0 Å². The molecule has 3 heteroatoms. The first-order valence-electron chi connectivity index (χ1n) is 4.36. The minimum absolute atomic E-state index is 0.206. The molecule has 0 spiro atoms. The number of nitrogens with one attached hydrogen (secondary N) is 1. The summed E-state index contributed by atoms with van der Waals surface area (Å²) >= 11 is 0. The molecule has 2 nitrogen and oxygen atoms in total. The second kappa shape index (κ2) is 2.94. The predicted octanol–water partition coefficient (Wildman–Crippen LogP) is 2.10. The molecule has 1 heterocycles. The molecule has 72 valence electrons. The molecule has 1 aliphatic heterocycles. The highest BCUT2D eigenvalue weighted by molar-refractivity contribution is 5.99. The van der Waals surface area contributed by atoms with Crippen molar-refractivity contribution in [2.24, 2.45) is 0 Å². The number of rotatable bonds is 1. The molecule has 0 aliphatic carbocycles. The maximum absolute atomic E-state index is 13.5. The van der Waals surface area contributed by atoms with Gasteiger partial charge in [-0.1, -0.05) is 12.2 Å². The summed E-state index contributed by atoms with van der Waals surface area (Å²) in [6.07, 6.45) is 0. The van der Waals surface area contributed by atoms with Crippen LogP contribution in [0.1, 0.15) is 28.4 Å². The van der Waals surface area contributed by atoms with E-state index in [1.807, 2.05) is 0 Å². The van der Waals surface area contributed by atoms with Gasteiger partial charge in [-0.2, -0.15) is 0 Å². The summed E-state index contributed by atoms with van der Waals surface area (Å²) in [6, 6.07) is 3.10. The molecule has 0 aromatic heterocycles. The Morgan fingerprint density at radius 1 is 1.57 bits per heavy atom. The van der Waals surface area contributed by atoms with Crippen LogP contribution in [0.2, 0.25) is 0 Å². The van der Waals surface area contributed by atoms with Crippen molar-refractivity contribution in [3.63, 3.8) is 0 Å². The summed E-state index contributed by atoms with van der Waals surface area (Å²) in [6.45, 7) is 5.79. The Labute approximate surface area is 81.4 Å². The highest BCUT2D eigenvalue weighted by Crippen LogP contribution is 2.24. The number of halogens is 1. The molecular formula is C11H10FNO. The number of hydrogen-bond donors (Lipinski definition) is 1. The molecule has 14 heavy (non-hydrogen) atoms. The van der Waals surface area contributed by atoms with Crippen LogP contribution in [-0.2, 0) is 6.54 Å². The standard InChI is InChI=1S/C11H10FNO/c1-6(2)7-3-8-9(10(12)4-7)5-13-11(8)14/h3-4H,1,5H2,2H3,(H,13,14). The first-order valence-corrected chi connectivity index (χ1v) is 4.36. The van der Waals surface area contributed by atoms with Gasteiger partial charge in [0.05, 0.1) is 0 Å². The molecule has 0 radical (unpaired) electrons. The Hall–Kier alpha value is -1.64. The summed E-state index contributed by atoms with van der Waals surface area (Å²) in [5.74, 6) is -0.541. The third-order valence-electron chi connectivity index (χ3n) is 2.36. The van der Waals surface area contributed by atoms with Gasteiger partial charge in [-0.3, -0.25) is 4.79 Å². The number of allylic oxidation sites excluding steroid dienone is 1. The van der Waals surface area contributed by atoms with Crippen LogP contribution in [0.5, 0.6) is 0 Å². The van der Waals surface area contributed by atoms with Gasteiger partial charge in [-0.05, 0) is 24.6 Å². The lowest BCUT2D eigenvalue weighted by Crippen LogP contribution is -2.12. The number of amides is 1. The van der Waals surface area contributed by atoms with Crippen LogP contribution >= 0.6 is 0 Å². The minimum atomic E-state index is -0.334. The van der Waals surface area contributed by atoms with Crippen LogP contribution in [0.25, 0.3) is 5.57 Å². The summed E-state index contributed by atoms with van der Waals surface area (Å²) in [5.41, 5.74) is 2.33. The molecule has 1 aliphatic rings. The van der Waals surface area contributed by atoms with Crippen molar-refractivity contribution in [2.75, 3.05) is 0 Å². The third-order valence-corrected chi connectivity index (χ3v) is 2.36. The minimum Gasteiger partial charge on any atom is -0.348 e. The van der Waals surface area contributed by atoms with Gasteiger partial charge in [0.25, 0.3) is 5.91 Å². The van der Waals surface area contributed by atoms with Gasteiger partial charge in [0, 0.05) is 17.7 Å². The van der Waals surface area contributed by atoms with Crippen LogP contribution in [0.3, 0.4) is 0 Å². The fourth-order valence-electron chi connectivity index (χ4n) is 1.53. The summed E-state index contributed by atoms with van der Waals surface area (Å²) < 4.78 is 13.5. The Bertz CT molecular complexity index is 437. The van der Waals surface area contributed by atoms with Gasteiger partial charge in [0.15, 0.2) is 0 Å². The van der Waals surface area contributed by atoms with E-state index < -0.39 is 0 Å². The fraction of sp³-hybridized carbons (Fsp3) is 0.182. The highest BCUT2D eigenvalue weighted by Gasteiger charge is 2.22. The molecule has 2 rings (SSSR count). The maximum Gasteiger partial charge on any atom is 0.252 e. The summed E-state index contributed by atoms with van der Waals surface area (Å²) in [7, 11) is 0. The van der Waals surface area contributed by atoms with E-state index in [1.54, 1.807) is 13.0 Å². The number of hydrogen-bond acceptors (Lipinski definition) is 1. The van der Waals surface area contributed by atoms with Gasteiger partial charge in [0.1, 0.15) is 5.82 Å². The molecule has 0 atom stereocenters. The van der Waals surface area contributed by atoms with Crippen molar-refractivity contribution in [3.8, 4) is 0 Å². The Kier molecular flexibility index (Phi) is 1.88. The quantitative estimate of drug-likeness (QED) is 0.723. The van der Waals surface area contributed by atoms with E-state index in [4.69, 9.17) is 0 Å². The molecule has 1 aromatic carbocycles. The van der Waals surface area contributed by atoms with E-state index in [2.05, 4.69) is 11.9 Å². The van der Waals surface area contributed by atoms with Gasteiger partial charge in [-0.25, -0.2) is 4.39 Å². The fourth-order valence-corrected chi connectivity index (χ4v) is 1.53. The predicted molar refractivity (Wildman–Crippen MR) is 52.3 cm³/mol. The lowest BCUT2D eigenvalue weighted by molar-refractivity contribution is 0.0965. The van der Waals surface area contributed by atoms with Crippen LogP contribution < -0.4 is 5.32 Å². The lowest BCUT2D eigenvalue weighted by atomic mass is 10.0. The Balaban J connectivity index is 2.64. The molecule has 0 fully saturated rings. The van der Waals surface area contributed by atoms with Crippen molar-refractivity contribution < 1.29 is 9.18 Å². The van der Waals surface area contributed by atoms with E-state index in [0.29, 0.717) is 16.7 Å². The van der Waals surface area contributed by atoms with Crippen molar-refractivity contribution in [3.05, 3.63) is 41.2 Å². The molecule has 0 bridgehead atoms. The lowest BCUT2D eigenvalue weighted by Gasteiger charge is -2.03. The summed E-state index contributed by atoms with van der Waals surface area (Å²) in [4.78, 5) is 11.3. The maximum atomic E-state index is 13.5. The van der Waals surface area contributed by atoms with Crippen molar-refractivity contribution in [1.29, 1.82) is 0 Å². The topological polar surface area (TPSA) is 29.1 Å². The van der Waals surface area contributed by atoms with Crippen LogP contribution in [-0.4, -0.2) is 5.91 Å². The monoisotopic (exact) mass is 191 g/mol. The molecule has 1 amide bonds. The van der Waals surface area contributed by atoms with E-state index in [-0.39, 0.29) is 18.3 Å². The molecular weight excluding hydrogens is 181 g/mol. The number of carbonyl (C=O) groups is 1. The van der Waals surface area contributed by atoms with E-state index in [0.717, 1.165) is 5.57 Å². The zero-order chi connectivity index (χ0) is 10.3. The van der Waals surface area contributed by atoms with E-state index in [1.165, 1.54) is 6.07 Å². The second-order valence-corrected chi connectivity index (χ2v) is 3.45. The second-order valence-electron chi connectivity index (χ2n) is 3.45. The number of carbonyl (C=O) groups excluding carboxylic acids is 1. The van der Waals surface area contributed by atoms with E-state index >= 15 is 0 Å². The molecule has 0 saturated carbocycles. The number of fused-ring (bicyclic) bond motifs is 1. The van der Waals surface area contributed by atoms with Crippen LogP contribution in [0, 0.1) is 5.82 Å². The number of benzene rings is 1. The first kappa shape index (κ1) is 8.94. The Morgan fingerprint density at radius 2 is 2.29 bits per heavy atom. The van der Waals surface area contributed by atoms with Crippen molar-refractivity contribution in [2.45, 2.75) is 13.5 Å². The van der Waals surface area contributed by atoms with Crippen LogP contribution in [0.4, 0.5) is 4.39 Å². The normalized spacial score (nSPS) is 13.7. The van der Waals surface area contributed by atoms with Crippen molar-refractivity contribution in [1.82, 2.24) is 5.32 Å². The van der Waals surface area contributed by atoms with Gasteiger partial charge in [-0.15, -0.1) is 0 Å². The Morgan fingerprint density at radius 3 is 2.93 bits per heavy atom. The zero-order valence-electron chi connectivity index (χ0n) is 7.86. The summed E-state index contributed by atoms with van der Waals surface area (Å²) in [5, 5.41) is 2.58. The molecule has 0 unspecified atom stereocenters. The zero-order valence-corrected chi connectivity index (χ0v) is 7.86. The average Bonchev–Trinajstić information content (AvgIpc) is 2.48. The third kappa shape index (κ3) is 1.21. The molecule has 0 saturated heterocycles. The van der Waals surface area contributed by atoms with Gasteiger partial charge >= 0.3 is 0 Å². The largest absolute Gasteiger partial charge is 0.348 e. The van der Waals surface area contributed by atoms with Gasteiger partial charge < -0.3 is 5.32 Å². The average molecular weight is 191 g/mol. The highest BCUT2D eigenvalue weighted by atomic mass is 19.1. The van der Waals surface area contributed by atoms with E-state index in [9.17, 15) is 9.18 Å². The van der Waals surface area contributed by atoms with Crippen molar-refractivity contribution >= 4 is 11.5 Å². The van der Waals surface area contributed by atoms with Crippen LogP contribution in [0.15, 0.2) is 18.7 Å². The smallest absolute Gasteiger partial charge is 0.252 e. The molecule has 1 aromatic rings.